The van der Waals surface area contributed by atoms with Gasteiger partial charge in [-0.1, -0.05) is 6.07 Å². The fourth-order valence-electron chi connectivity index (χ4n) is 3.14. The highest BCUT2D eigenvalue weighted by Gasteiger charge is 2.30. The number of likely N-dealkylation sites (tertiary alicyclic amines) is 1. The topological polar surface area (TPSA) is 78.9 Å². The molecule has 156 valence electrons. The summed E-state index contributed by atoms with van der Waals surface area (Å²) in [6.07, 6.45) is 5.49. The van der Waals surface area contributed by atoms with Crippen LogP contribution < -0.4 is 10.6 Å². The van der Waals surface area contributed by atoms with Gasteiger partial charge in [0.05, 0.1) is 12.6 Å². The molecule has 0 radical (unpaired) electrons. The summed E-state index contributed by atoms with van der Waals surface area (Å²) >= 11 is 0. The van der Waals surface area contributed by atoms with Crippen LogP contribution in [0.15, 0.2) is 29.4 Å². The minimum Gasteiger partial charge on any atom is -0.444 e. The van der Waals surface area contributed by atoms with Crippen molar-refractivity contribution in [3.8, 4) is 0 Å². The molecule has 0 aliphatic carbocycles. The molecule has 1 atom stereocenters. The van der Waals surface area contributed by atoms with E-state index in [1.807, 2.05) is 57.0 Å². The van der Waals surface area contributed by atoms with Crippen LogP contribution in [0.3, 0.4) is 0 Å². The molecule has 1 saturated heterocycles. The summed E-state index contributed by atoms with van der Waals surface area (Å²) < 4.78 is 5.58. The number of carbonyl (C=O) groups excluding carboxylic acids is 1. The zero-order valence-corrected chi connectivity index (χ0v) is 17.7. The van der Waals surface area contributed by atoms with E-state index >= 15 is 0 Å². The molecule has 1 aromatic rings. The Morgan fingerprint density at radius 1 is 1.32 bits per heavy atom. The molecule has 2 heterocycles. The molecule has 1 aliphatic rings. The largest absolute Gasteiger partial charge is 0.444 e. The molecular formula is C21H35N5O2. The molecule has 1 amide bonds. The van der Waals surface area contributed by atoms with Crippen molar-refractivity contribution in [2.45, 2.75) is 65.0 Å². The van der Waals surface area contributed by atoms with E-state index < -0.39 is 5.60 Å². The van der Waals surface area contributed by atoms with Gasteiger partial charge in [-0.15, -0.1) is 0 Å². The lowest BCUT2D eigenvalue weighted by Gasteiger charge is -2.36. The number of aromatic nitrogens is 1. The van der Waals surface area contributed by atoms with Gasteiger partial charge in [0.2, 0.25) is 0 Å². The summed E-state index contributed by atoms with van der Waals surface area (Å²) in [5.41, 5.74) is 0.568. The van der Waals surface area contributed by atoms with Crippen LogP contribution in [-0.2, 0) is 11.2 Å². The molecule has 0 aromatic carbocycles. The fourth-order valence-corrected chi connectivity index (χ4v) is 3.14. The molecule has 1 aliphatic heterocycles. The Bertz CT molecular complexity index is 627. The molecule has 2 N–H and O–H groups in total. The molecule has 7 nitrogen and oxygen atoms in total. The number of carbonyl (C=O) groups is 1. The predicted molar refractivity (Wildman–Crippen MR) is 113 cm³/mol. The molecular weight excluding hydrogens is 354 g/mol. The van der Waals surface area contributed by atoms with Crippen LogP contribution in [-0.4, -0.2) is 59.8 Å². The minimum atomic E-state index is -0.482. The quantitative estimate of drug-likeness (QED) is 0.578. The van der Waals surface area contributed by atoms with Crippen molar-refractivity contribution in [2.24, 2.45) is 4.99 Å². The molecule has 1 unspecified atom stereocenters. The van der Waals surface area contributed by atoms with E-state index in [1.165, 1.54) is 0 Å². The van der Waals surface area contributed by atoms with Crippen LogP contribution in [0.25, 0.3) is 0 Å². The van der Waals surface area contributed by atoms with Crippen molar-refractivity contribution >= 4 is 12.1 Å². The standard InChI is InChI=1S/C21H35N5O2/c1-5-22-19(24-14-12-17-10-6-8-13-23-17)25-16-18-11-7-9-15-26(18)20(27)28-21(2,3)4/h6,8,10,13,18H,5,7,9,11-12,14-16H2,1-4H3,(H2,22,24,25). The Balaban J connectivity index is 1.92. The van der Waals surface area contributed by atoms with Gasteiger partial charge >= 0.3 is 6.09 Å². The fraction of sp³-hybridized carbons (Fsp3) is 0.667. The molecule has 1 fully saturated rings. The highest BCUT2D eigenvalue weighted by Crippen LogP contribution is 2.20. The van der Waals surface area contributed by atoms with Crippen LogP contribution in [0.2, 0.25) is 0 Å². The van der Waals surface area contributed by atoms with Gasteiger partial charge in [-0.2, -0.15) is 0 Å². The number of ether oxygens (including phenoxy) is 1. The van der Waals surface area contributed by atoms with Crippen molar-refractivity contribution in [1.29, 1.82) is 0 Å². The van der Waals surface area contributed by atoms with Gasteiger partial charge in [0, 0.05) is 37.9 Å². The number of hydrogen-bond donors (Lipinski definition) is 2. The van der Waals surface area contributed by atoms with E-state index in [9.17, 15) is 4.79 Å². The third kappa shape index (κ3) is 7.74. The Morgan fingerprint density at radius 3 is 2.82 bits per heavy atom. The smallest absolute Gasteiger partial charge is 0.410 e. The molecule has 0 spiro atoms. The van der Waals surface area contributed by atoms with Gasteiger partial charge < -0.3 is 20.3 Å². The van der Waals surface area contributed by atoms with Crippen LogP contribution in [0, 0.1) is 0 Å². The van der Waals surface area contributed by atoms with Crippen LogP contribution >= 0.6 is 0 Å². The third-order valence-electron chi connectivity index (χ3n) is 4.46. The highest BCUT2D eigenvalue weighted by atomic mass is 16.6. The number of hydrogen-bond acceptors (Lipinski definition) is 4. The summed E-state index contributed by atoms with van der Waals surface area (Å²) in [6, 6.07) is 6.01. The number of nitrogens with one attached hydrogen (secondary N) is 2. The van der Waals surface area contributed by atoms with Crippen molar-refractivity contribution < 1.29 is 9.53 Å². The zero-order valence-electron chi connectivity index (χ0n) is 17.7. The predicted octanol–water partition coefficient (Wildman–Crippen LogP) is 2.97. The van der Waals surface area contributed by atoms with Gasteiger partial charge in [-0.05, 0) is 59.1 Å². The van der Waals surface area contributed by atoms with E-state index in [0.717, 1.165) is 57.0 Å². The number of nitrogens with zero attached hydrogens (tertiary/aromatic N) is 3. The molecule has 0 saturated carbocycles. The lowest BCUT2D eigenvalue weighted by Crippen LogP contribution is -2.48. The monoisotopic (exact) mass is 389 g/mol. The second-order valence-electron chi connectivity index (χ2n) is 8.04. The van der Waals surface area contributed by atoms with E-state index in [2.05, 4.69) is 15.6 Å². The number of amides is 1. The van der Waals surface area contributed by atoms with Crippen molar-refractivity contribution in [2.75, 3.05) is 26.2 Å². The Labute approximate surface area is 169 Å². The van der Waals surface area contributed by atoms with Crippen LogP contribution in [0.1, 0.15) is 52.7 Å². The molecule has 2 rings (SSSR count). The Hall–Kier alpha value is -2.31. The van der Waals surface area contributed by atoms with E-state index in [0.29, 0.717) is 6.54 Å². The number of pyridine rings is 1. The first-order valence-electron chi connectivity index (χ1n) is 10.3. The number of aliphatic imine (C=N–C) groups is 1. The van der Waals surface area contributed by atoms with Gasteiger partial charge in [-0.3, -0.25) is 9.98 Å². The maximum atomic E-state index is 12.5. The second-order valence-corrected chi connectivity index (χ2v) is 8.04. The zero-order chi connectivity index (χ0) is 20.4. The molecule has 7 heteroatoms. The summed E-state index contributed by atoms with van der Waals surface area (Å²) in [4.78, 5) is 23.4. The third-order valence-corrected chi connectivity index (χ3v) is 4.46. The SMILES string of the molecule is CCNC(=NCC1CCCCN1C(=O)OC(C)(C)C)NCCc1ccccn1. The van der Waals surface area contributed by atoms with E-state index in [-0.39, 0.29) is 12.1 Å². The van der Waals surface area contributed by atoms with Crippen LogP contribution in [0.5, 0.6) is 0 Å². The molecule has 1 aromatic heterocycles. The average molecular weight is 390 g/mol. The summed E-state index contributed by atoms with van der Waals surface area (Å²) in [6.45, 7) is 10.6. The Morgan fingerprint density at radius 2 is 2.14 bits per heavy atom. The van der Waals surface area contributed by atoms with Gasteiger partial charge in [-0.25, -0.2) is 4.79 Å². The number of guanidine groups is 1. The number of piperidine rings is 1. The van der Waals surface area contributed by atoms with Crippen molar-refractivity contribution in [1.82, 2.24) is 20.5 Å². The maximum absolute atomic E-state index is 12.5. The van der Waals surface area contributed by atoms with Crippen molar-refractivity contribution in [3.63, 3.8) is 0 Å². The second kappa shape index (κ2) is 10.9. The van der Waals surface area contributed by atoms with Gasteiger partial charge in [0.25, 0.3) is 0 Å². The van der Waals surface area contributed by atoms with E-state index in [4.69, 9.17) is 9.73 Å². The summed E-state index contributed by atoms with van der Waals surface area (Å²) in [5, 5.41) is 6.63. The first-order valence-corrected chi connectivity index (χ1v) is 10.3. The maximum Gasteiger partial charge on any atom is 0.410 e. The van der Waals surface area contributed by atoms with Crippen molar-refractivity contribution in [3.05, 3.63) is 30.1 Å². The minimum absolute atomic E-state index is 0.0786. The normalized spacial score (nSPS) is 17.9. The van der Waals surface area contributed by atoms with Gasteiger partial charge in [0.15, 0.2) is 5.96 Å². The summed E-state index contributed by atoms with van der Waals surface area (Å²) in [7, 11) is 0. The molecule has 0 bridgehead atoms. The Kier molecular flexibility index (Phi) is 8.54. The lowest BCUT2D eigenvalue weighted by molar-refractivity contribution is 0.0110. The number of rotatable bonds is 6. The average Bonchev–Trinajstić information content (AvgIpc) is 2.66. The van der Waals surface area contributed by atoms with Crippen LogP contribution in [0.4, 0.5) is 4.79 Å². The summed E-state index contributed by atoms with van der Waals surface area (Å²) in [5.74, 6) is 0.771. The highest BCUT2D eigenvalue weighted by molar-refractivity contribution is 5.79. The lowest BCUT2D eigenvalue weighted by atomic mass is 10.0. The first-order chi connectivity index (χ1) is 13.4. The molecule has 28 heavy (non-hydrogen) atoms. The van der Waals surface area contributed by atoms with Gasteiger partial charge in [0.1, 0.15) is 5.60 Å². The first kappa shape index (κ1) is 22.0. The van der Waals surface area contributed by atoms with E-state index in [1.54, 1.807) is 0 Å².